The highest BCUT2D eigenvalue weighted by molar-refractivity contribution is 7.98. The summed E-state index contributed by atoms with van der Waals surface area (Å²) in [6.45, 7) is 0. The van der Waals surface area contributed by atoms with Gasteiger partial charge in [-0.1, -0.05) is 41.0 Å². The first kappa shape index (κ1) is 13.3. The third-order valence-corrected chi connectivity index (χ3v) is 3.90. The second-order valence-electron chi connectivity index (χ2n) is 3.36. The Bertz CT molecular complexity index is 558. The summed E-state index contributed by atoms with van der Waals surface area (Å²) in [4.78, 5) is 0. The number of hydrogen-bond donors (Lipinski definition) is 3. The summed E-state index contributed by atoms with van der Waals surface area (Å²) in [5.41, 5.74) is 3.36. The minimum Gasteiger partial charge on any atom is -0.334 e. The van der Waals surface area contributed by atoms with Crippen LogP contribution in [0, 0.1) is 0 Å². The van der Waals surface area contributed by atoms with E-state index < -0.39 is 0 Å². The van der Waals surface area contributed by atoms with Gasteiger partial charge in [0.1, 0.15) is 0 Å². The van der Waals surface area contributed by atoms with Crippen LogP contribution in [0.4, 0.5) is 5.95 Å². The summed E-state index contributed by atoms with van der Waals surface area (Å²) in [6, 6.07) is 5.44. The van der Waals surface area contributed by atoms with Crippen molar-refractivity contribution in [3.8, 4) is 0 Å². The van der Waals surface area contributed by atoms with E-state index in [9.17, 15) is 0 Å². The molecular weight excluding hydrogens is 295 g/mol. The Morgan fingerprint density at radius 3 is 2.67 bits per heavy atom. The van der Waals surface area contributed by atoms with Crippen LogP contribution in [0.3, 0.4) is 0 Å². The summed E-state index contributed by atoms with van der Waals surface area (Å²) < 4.78 is 1.28. The molecule has 0 aliphatic carbocycles. The minimum absolute atomic E-state index is 0.298. The number of halogens is 2. The van der Waals surface area contributed by atoms with Gasteiger partial charge in [0.25, 0.3) is 5.95 Å². The molecule has 5 N–H and O–H groups in total. The van der Waals surface area contributed by atoms with Gasteiger partial charge in [0, 0.05) is 5.75 Å². The van der Waals surface area contributed by atoms with Crippen molar-refractivity contribution >= 4 is 40.9 Å². The Morgan fingerprint density at radius 1 is 1.28 bits per heavy atom. The molecule has 0 saturated heterocycles. The average Bonchev–Trinajstić information content (AvgIpc) is 2.72. The molecule has 0 spiro atoms. The van der Waals surface area contributed by atoms with Gasteiger partial charge >= 0.3 is 0 Å². The summed E-state index contributed by atoms with van der Waals surface area (Å²) in [6.07, 6.45) is 0. The van der Waals surface area contributed by atoms with Gasteiger partial charge in [-0.05, 0) is 17.7 Å². The number of hydrazine groups is 1. The van der Waals surface area contributed by atoms with Gasteiger partial charge in [-0.25, -0.2) is 10.5 Å². The molecule has 1 aromatic heterocycles. The molecule has 0 unspecified atom stereocenters. The third kappa shape index (κ3) is 2.81. The van der Waals surface area contributed by atoms with Gasteiger partial charge in [-0.15, -0.1) is 10.2 Å². The fourth-order valence-electron chi connectivity index (χ4n) is 1.25. The Balaban J connectivity index is 2.06. The first-order valence-corrected chi connectivity index (χ1v) is 6.60. The third-order valence-electron chi connectivity index (χ3n) is 2.15. The van der Waals surface area contributed by atoms with E-state index in [0.29, 0.717) is 26.9 Å². The fraction of sp³-hybridized carbons (Fsp3) is 0.111. The monoisotopic (exact) mass is 304 g/mol. The second kappa shape index (κ2) is 5.66. The SMILES string of the molecule is NNc1nnc(SCc2ccc(Cl)c(Cl)c2)n1N. The largest absolute Gasteiger partial charge is 0.334 e. The molecule has 0 radical (unpaired) electrons. The zero-order valence-corrected chi connectivity index (χ0v) is 11.4. The first-order chi connectivity index (χ1) is 8.61. The average molecular weight is 305 g/mol. The van der Waals surface area contributed by atoms with E-state index in [2.05, 4.69) is 15.6 Å². The molecule has 0 saturated carbocycles. The minimum atomic E-state index is 0.298. The van der Waals surface area contributed by atoms with E-state index in [0.717, 1.165) is 5.56 Å². The lowest BCUT2D eigenvalue weighted by Crippen LogP contribution is -2.18. The molecule has 0 bridgehead atoms. The number of nitrogens with two attached hydrogens (primary N) is 2. The second-order valence-corrected chi connectivity index (χ2v) is 5.11. The summed E-state index contributed by atoms with van der Waals surface area (Å²) in [7, 11) is 0. The van der Waals surface area contributed by atoms with E-state index in [-0.39, 0.29) is 0 Å². The van der Waals surface area contributed by atoms with Crippen LogP contribution in [0.2, 0.25) is 10.0 Å². The number of benzene rings is 1. The number of nitrogens with zero attached hydrogens (tertiary/aromatic N) is 3. The van der Waals surface area contributed by atoms with Crippen molar-refractivity contribution in [1.29, 1.82) is 0 Å². The number of nitrogen functional groups attached to an aromatic ring is 2. The van der Waals surface area contributed by atoms with Crippen LogP contribution in [0.5, 0.6) is 0 Å². The standard InChI is InChI=1S/C9H10Cl2N6S/c10-6-2-1-5(3-7(6)11)4-18-9-16-15-8(14-12)17(9)13/h1-3H,4,12-13H2,(H,14,15). The van der Waals surface area contributed by atoms with Crippen molar-refractivity contribution < 1.29 is 0 Å². The lowest BCUT2D eigenvalue weighted by atomic mass is 10.2. The van der Waals surface area contributed by atoms with Crippen LogP contribution in [-0.2, 0) is 5.75 Å². The molecule has 2 aromatic rings. The normalized spacial score (nSPS) is 10.6. The van der Waals surface area contributed by atoms with Gasteiger partial charge in [0.15, 0.2) is 0 Å². The Labute approximate surface area is 118 Å². The van der Waals surface area contributed by atoms with E-state index in [1.165, 1.54) is 16.4 Å². The number of anilines is 1. The molecule has 9 heteroatoms. The molecule has 96 valence electrons. The maximum absolute atomic E-state index is 5.93. The molecule has 18 heavy (non-hydrogen) atoms. The molecule has 0 aliphatic rings. The van der Waals surface area contributed by atoms with Crippen molar-refractivity contribution in [2.45, 2.75) is 10.9 Å². The van der Waals surface area contributed by atoms with Gasteiger partial charge in [0.2, 0.25) is 5.16 Å². The van der Waals surface area contributed by atoms with Crippen molar-refractivity contribution in [2.24, 2.45) is 5.84 Å². The molecule has 2 rings (SSSR count). The van der Waals surface area contributed by atoms with E-state index in [1.807, 2.05) is 6.07 Å². The Hall–Kier alpha value is -1.15. The zero-order valence-electron chi connectivity index (χ0n) is 9.10. The maximum atomic E-state index is 5.93. The quantitative estimate of drug-likeness (QED) is 0.453. The van der Waals surface area contributed by atoms with Crippen LogP contribution in [0.25, 0.3) is 0 Å². The highest BCUT2D eigenvalue weighted by atomic mass is 35.5. The van der Waals surface area contributed by atoms with Crippen molar-refractivity contribution in [3.05, 3.63) is 33.8 Å². The predicted octanol–water partition coefficient (Wildman–Crippen LogP) is 1.88. The van der Waals surface area contributed by atoms with Crippen molar-refractivity contribution in [2.75, 3.05) is 11.3 Å². The van der Waals surface area contributed by atoms with E-state index in [1.54, 1.807) is 12.1 Å². The Kier molecular flexibility index (Phi) is 4.18. The Morgan fingerprint density at radius 2 is 2.06 bits per heavy atom. The summed E-state index contributed by atoms with van der Waals surface area (Å²) >= 11 is 13.2. The summed E-state index contributed by atoms with van der Waals surface area (Å²) in [5.74, 6) is 11.9. The molecule has 6 nitrogen and oxygen atoms in total. The molecule has 1 heterocycles. The fourth-order valence-corrected chi connectivity index (χ4v) is 2.37. The number of rotatable bonds is 4. The van der Waals surface area contributed by atoms with Crippen molar-refractivity contribution in [1.82, 2.24) is 14.9 Å². The summed E-state index contributed by atoms with van der Waals surface area (Å²) in [5, 5.41) is 9.25. The first-order valence-electron chi connectivity index (χ1n) is 4.85. The topological polar surface area (TPSA) is 94.8 Å². The molecular formula is C9H10Cl2N6S. The van der Waals surface area contributed by atoms with Gasteiger partial charge in [0.05, 0.1) is 10.0 Å². The molecule has 0 aliphatic heterocycles. The molecule has 0 fully saturated rings. The van der Waals surface area contributed by atoms with Crippen LogP contribution < -0.4 is 17.1 Å². The highest BCUT2D eigenvalue weighted by Crippen LogP contribution is 2.26. The lowest BCUT2D eigenvalue weighted by molar-refractivity contribution is 0.846. The molecule has 0 amide bonds. The van der Waals surface area contributed by atoms with Gasteiger partial charge < -0.3 is 5.84 Å². The van der Waals surface area contributed by atoms with Crippen LogP contribution in [-0.4, -0.2) is 14.9 Å². The lowest BCUT2D eigenvalue weighted by Gasteiger charge is -2.04. The van der Waals surface area contributed by atoms with Crippen molar-refractivity contribution in [3.63, 3.8) is 0 Å². The van der Waals surface area contributed by atoms with Crippen LogP contribution in [0.15, 0.2) is 23.4 Å². The van der Waals surface area contributed by atoms with E-state index in [4.69, 9.17) is 34.9 Å². The van der Waals surface area contributed by atoms with Crippen LogP contribution in [0.1, 0.15) is 5.56 Å². The number of aromatic nitrogens is 3. The molecule has 1 aromatic carbocycles. The number of nitrogens with one attached hydrogen (secondary N) is 1. The van der Waals surface area contributed by atoms with Gasteiger partial charge in [-0.3, -0.25) is 5.43 Å². The van der Waals surface area contributed by atoms with Crippen LogP contribution >= 0.6 is 35.0 Å². The number of hydrogen-bond acceptors (Lipinski definition) is 6. The predicted molar refractivity (Wildman–Crippen MR) is 74.0 cm³/mol. The highest BCUT2D eigenvalue weighted by Gasteiger charge is 2.09. The smallest absolute Gasteiger partial charge is 0.258 e. The number of thioether (sulfide) groups is 1. The van der Waals surface area contributed by atoms with Gasteiger partial charge in [-0.2, -0.15) is 0 Å². The molecule has 0 atom stereocenters. The maximum Gasteiger partial charge on any atom is 0.258 e. The van der Waals surface area contributed by atoms with E-state index >= 15 is 0 Å². The zero-order chi connectivity index (χ0) is 13.1.